The zero-order chi connectivity index (χ0) is 7.11. The summed E-state index contributed by atoms with van der Waals surface area (Å²) in [4.78, 5) is 10.7. The van der Waals surface area contributed by atoms with Crippen molar-refractivity contribution in [1.82, 2.24) is 4.72 Å². The Bertz CT molecular complexity index is 85.1. The summed E-state index contributed by atoms with van der Waals surface area (Å²) < 4.78 is 2.66. The van der Waals surface area contributed by atoms with Gasteiger partial charge in [-0.2, -0.15) is 0 Å². The Kier molecular flexibility index (Phi) is 5.83. The van der Waals surface area contributed by atoms with Crippen molar-refractivity contribution in [2.24, 2.45) is 0 Å². The molecule has 0 saturated heterocycles. The quantitative estimate of drug-likeness (QED) is 0.611. The van der Waals surface area contributed by atoms with Gasteiger partial charge in [-0.05, 0) is 6.42 Å². The van der Waals surface area contributed by atoms with E-state index in [2.05, 4.69) is 11.6 Å². The fraction of sp³-hybridized carbons (Fsp3) is 0.833. The zero-order valence-corrected chi connectivity index (χ0v) is 6.75. The number of carbonyl (C=O) groups is 1. The summed E-state index contributed by atoms with van der Waals surface area (Å²) in [5.41, 5.74) is 0. The molecule has 0 aromatic carbocycles. The number of amides is 1. The first-order valence-corrected chi connectivity index (χ1v) is 4.35. The molecule has 0 rings (SSSR count). The van der Waals surface area contributed by atoms with Gasteiger partial charge in [0.1, 0.15) is 0 Å². The van der Waals surface area contributed by atoms with E-state index < -0.39 is 0 Å². The van der Waals surface area contributed by atoms with Crippen molar-refractivity contribution in [3.05, 3.63) is 0 Å². The Hall–Kier alpha value is -0.180. The van der Waals surface area contributed by atoms with Gasteiger partial charge >= 0.3 is 0 Å². The van der Waals surface area contributed by atoms with Crippen LogP contribution in [0.5, 0.6) is 0 Å². The van der Waals surface area contributed by atoms with E-state index in [0.29, 0.717) is 6.42 Å². The van der Waals surface area contributed by atoms with Gasteiger partial charge in [-0.3, -0.25) is 4.79 Å². The predicted octanol–water partition coefficient (Wildman–Crippen LogP) is 1.57. The van der Waals surface area contributed by atoms with E-state index in [4.69, 9.17) is 0 Å². The maximum Gasteiger partial charge on any atom is 0.229 e. The molecule has 1 amide bonds. The summed E-state index contributed by atoms with van der Waals surface area (Å²) in [6, 6.07) is 0. The highest BCUT2D eigenvalue weighted by molar-refractivity contribution is 7.97. The van der Waals surface area contributed by atoms with E-state index in [0.717, 1.165) is 12.8 Å². The number of rotatable bonds is 4. The molecule has 0 aliphatic heterocycles. The molecule has 0 fully saturated rings. The van der Waals surface area contributed by atoms with E-state index in [9.17, 15) is 4.79 Å². The van der Waals surface area contributed by atoms with Crippen molar-refractivity contribution in [3.8, 4) is 0 Å². The van der Waals surface area contributed by atoms with Crippen LogP contribution in [0.25, 0.3) is 0 Å². The second kappa shape index (κ2) is 5.95. The Balaban J connectivity index is 3.06. The third-order valence-corrected chi connectivity index (χ3v) is 1.41. The summed E-state index contributed by atoms with van der Waals surface area (Å²) in [7, 11) is 0. The first-order valence-electron chi connectivity index (χ1n) is 3.13. The summed E-state index contributed by atoms with van der Waals surface area (Å²) in [6.45, 7) is 2.08. The zero-order valence-electron chi connectivity index (χ0n) is 5.94. The highest BCUT2D eigenvalue weighted by Crippen LogP contribution is 1.94. The minimum absolute atomic E-state index is 0.143. The van der Waals surface area contributed by atoms with Crippen LogP contribution < -0.4 is 4.72 Å². The molecule has 0 aliphatic rings. The van der Waals surface area contributed by atoms with Crippen LogP contribution in [0.4, 0.5) is 0 Å². The smallest absolute Gasteiger partial charge is 0.229 e. The fourth-order valence-corrected chi connectivity index (χ4v) is 0.832. The maximum absolute atomic E-state index is 10.7. The average Bonchev–Trinajstić information content (AvgIpc) is 1.85. The third kappa shape index (κ3) is 5.69. The van der Waals surface area contributed by atoms with E-state index in [1.54, 1.807) is 0 Å². The molecule has 0 heterocycles. The Labute approximate surface area is 60.5 Å². The van der Waals surface area contributed by atoms with Crippen molar-refractivity contribution in [1.29, 1.82) is 0 Å². The minimum Gasteiger partial charge on any atom is -0.300 e. The van der Waals surface area contributed by atoms with E-state index in [1.165, 1.54) is 11.9 Å². The molecule has 0 spiro atoms. The molecule has 0 aliphatic carbocycles. The largest absolute Gasteiger partial charge is 0.300 e. The normalized spacial score (nSPS) is 9.11. The number of unbranched alkanes of at least 4 members (excludes halogenated alkanes) is 1. The molecule has 54 valence electrons. The summed E-state index contributed by atoms with van der Waals surface area (Å²) in [5, 5.41) is 0. The molecule has 0 aromatic rings. The average molecular weight is 147 g/mol. The first-order chi connectivity index (χ1) is 4.31. The lowest BCUT2D eigenvalue weighted by molar-refractivity contribution is -0.119. The van der Waals surface area contributed by atoms with E-state index in [1.807, 2.05) is 6.26 Å². The second-order valence-electron chi connectivity index (χ2n) is 1.83. The molecule has 0 radical (unpaired) electrons. The van der Waals surface area contributed by atoms with Crippen LogP contribution in [0.15, 0.2) is 0 Å². The molecule has 1 N–H and O–H groups in total. The Morgan fingerprint density at radius 3 is 2.78 bits per heavy atom. The molecular formula is C6H13NOS. The van der Waals surface area contributed by atoms with Crippen LogP contribution in [0.1, 0.15) is 26.2 Å². The topological polar surface area (TPSA) is 29.1 Å². The van der Waals surface area contributed by atoms with Crippen LogP contribution in [-0.4, -0.2) is 12.2 Å². The molecule has 0 aromatic heterocycles. The van der Waals surface area contributed by atoms with Crippen LogP contribution in [-0.2, 0) is 4.79 Å². The van der Waals surface area contributed by atoms with Gasteiger partial charge in [0.05, 0.1) is 0 Å². The van der Waals surface area contributed by atoms with Gasteiger partial charge in [-0.25, -0.2) is 0 Å². The standard InChI is InChI=1S/C6H13NOS/c1-3-4-5-6(8)7-9-2/h3-5H2,1-2H3,(H,7,8). The van der Waals surface area contributed by atoms with Crippen molar-refractivity contribution in [2.45, 2.75) is 26.2 Å². The van der Waals surface area contributed by atoms with Gasteiger partial charge < -0.3 is 4.72 Å². The molecule has 3 heteroatoms. The second-order valence-corrected chi connectivity index (χ2v) is 2.45. The Morgan fingerprint density at radius 2 is 2.33 bits per heavy atom. The lowest BCUT2D eigenvalue weighted by Crippen LogP contribution is -2.13. The lowest BCUT2D eigenvalue weighted by Gasteiger charge is -1.97. The molecule has 2 nitrogen and oxygen atoms in total. The minimum atomic E-state index is 0.143. The van der Waals surface area contributed by atoms with E-state index in [-0.39, 0.29) is 5.91 Å². The lowest BCUT2D eigenvalue weighted by atomic mass is 10.2. The van der Waals surface area contributed by atoms with Gasteiger partial charge in [-0.15, -0.1) is 0 Å². The molecule has 9 heavy (non-hydrogen) atoms. The van der Waals surface area contributed by atoms with E-state index >= 15 is 0 Å². The number of hydrogen-bond donors (Lipinski definition) is 1. The number of carbonyl (C=O) groups excluding carboxylic acids is 1. The summed E-state index contributed by atoms with van der Waals surface area (Å²) in [5.74, 6) is 0.143. The molecular weight excluding hydrogens is 134 g/mol. The van der Waals surface area contributed by atoms with Crippen LogP contribution >= 0.6 is 11.9 Å². The summed E-state index contributed by atoms with van der Waals surface area (Å²) >= 11 is 1.36. The first kappa shape index (κ1) is 8.82. The van der Waals surface area contributed by atoms with Crippen LogP contribution in [0, 0.1) is 0 Å². The van der Waals surface area contributed by atoms with Crippen molar-refractivity contribution < 1.29 is 4.79 Å². The van der Waals surface area contributed by atoms with Crippen molar-refractivity contribution >= 4 is 17.9 Å². The molecule has 0 bridgehead atoms. The van der Waals surface area contributed by atoms with Crippen molar-refractivity contribution in [2.75, 3.05) is 6.26 Å². The number of hydrogen-bond acceptors (Lipinski definition) is 2. The highest BCUT2D eigenvalue weighted by atomic mass is 32.2. The van der Waals surface area contributed by atoms with Gasteiger partial charge in [0, 0.05) is 12.7 Å². The molecule has 0 atom stereocenters. The monoisotopic (exact) mass is 147 g/mol. The van der Waals surface area contributed by atoms with Crippen molar-refractivity contribution in [3.63, 3.8) is 0 Å². The fourth-order valence-electron chi connectivity index (χ4n) is 0.502. The maximum atomic E-state index is 10.7. The van der Waals surface area contributed by atoms with Crippen LogP contribution in [0.2, 0.25) is 0 Å². The molecule has 0 saturated carbocycles. The van der Waals surface area contributed by atoms with Gasteiger partial charge in [0.25, 0.3) is 0 Å². The SMILES string of the molecule is CCCCC(=O)NSC. The highest BCUT2D eigenvalue weighted by Gasteiger charge is 1.95. The number of nitrogens with one attached hydrogen (secondary N) is 1. The van der Waals surface area contributed by atoms with Crippen LogP contribution in [0.3, 0.4) is 0 Å². The third-order valence-electron chi connectivity index (χ3n) is 0.973. The molecule has 0 unspecified atom stereocenters. The van der Waals surface area contributed by atoms with Gasteiger partial charge in [0.2, 0.25) is 5.91 Å². The van der Waals surface area contributed by atoms with Gasteiger partial charge in [-0.1, -0.05) is 25.3 Å². The van der Waals surface area contributed by atoms with Gasteiger partial charge in [0.15, 0.2) is 0 Å². The summed E-state index contributed by atoms with van der Waals surface area (Å²) in [6.07, 6.45) is 4.59. The Morgan fingerprint density at radius 1 is 1.67 bits per heavy atom. The predicted molar refractivity (Wildman–Crippen MR) is 41.2 cm³/mol.